The monoisotopic (exact) mass is 571 g/mol. The first-order chi connectivity index (χ1) is 18.3. The summed E-state index contributed by atoms with van der Waals surface area (Å²) in [4.78, 5) is 26.4. The van der Waals surface area contributed by atoms with Crippen LogP contribution < -0.4 is 19.8 Å². The molecule has 0 aliphatic carbocycles. The number of hydrogen-bond acceptors (Lipinski definition) is 6. The first kappa shape index (κ1) is 27.7. The van der Waals surface area contributed by atoms with Crippen LogP contribution in [0.15, 0.2) is 71.6 Å². The molecule has 198 valence electrons. The van der Waals surface area contributed by atoms with Crippen molar-refractivity contribution in [3.63, 3.8) is 0 Å². The molecule has 1 atom stereocenters. The summed E-state index contributed by atoms with van der Waals surface area (Å²) >= 11 is 14.2. The van der Waals surface area contributed by atoms with Crippen molar-refractivity contribution in [1.82, 2.24) is 10.3 Å². The number of hydrogen-bond donors (Lipinski definition) is 1. The van der Waals surface area contributed by atoms with E-state index in [9.17, 15) is 9.59 Å². The number of thioether (sulfide) groups is 1. The number of fused-ring (bicyclic) bond motifs is 1. The van der Waals surface area contributed by atoms with Gasteiger partial charge in [0, 0.05) is 33.6 Å². The highest BCUT2D eigenvalue weighted by atomic mass is 35.5. The molecule has 0 aromatic heterocycles. The Bertz CT molecular complexity index is 1350. The van der Waals surface area contributed by atoms with Crippen molar-refractivity contribution < 1.29 is 19.1 Å². The SMILES string of the molecule is COc1cccc(C=CC(=O)NCC(=O)N(C)N2c3c(OCc4c(Cl)cccc4Cl)cccc3SC2C)c1. The van der Waals surface area contributed by atoms with Gasteiger partial charge in [0.25, 0.3) is 5.91 Å². The third-order valence-electron chi connectivity index (χ3n) is 5.89. The number of methoxy groups -OCH3 is 1. The molecule has 1 N–H and O–H groups in total. The lowest BCUT2D eigenvalue weighted by Crippen LogP contribution is -2.49. The Morgan fingerprint density at radius 2 is 1.82 bits per heavy atom. The number of para-hydroxylation sites is 1. The summed E-state index contributed by atoms with van der Waals surface area (Å²) in [7, 11) is 3.26. The molecule has 3 aromatic rings. The maximum Gasteiger partial charge on any atom is 0.260 e. The minimum Gasteiger partial charge on any atom is -0.497 e. The maximum absolute atomic E-state index is 13.1. The first-order valence-electron chi connectivity index (χ1n) is 11.8. The quantitative estimate of drug-likeness (QED) is 0.315. The second-order valence-electron chi connectivity index (χ2n) is 8.40. The lowest BCUT2D eigenvalue weighted by atomic mass is 10.2. The van der Waals surface area contributed by atoms with Gasteiger partial charge in [-0.15, -0.1) is 0 Å². The van der Waals surface area contributed by atoms with Crippen LogP contribution in [0.25, 0.3) is 6.08 Å². The molecule has 0 saturated heterocycles. The van der Waals surface area contributed by atoms with Crippen LogP contribution in [0.3, 0.4) is 0 Å². The molecule has 1 aliphatic rings. The second-order valence-corrected chi connectivity index (χ2v) is 10.6. The van der Waals surface area contributed by atoms with Gasteiger partial charge in [0.05, 0.1) is 19.0 Å². The van der Waals surface area contributed by atoms with Crippen LogP contribution in [-0.4, -0.2) is 42.9 Å². The molecule has 1 aliphatic heterocycles. The fraction of sp³-hybridized carbons (Fsp3) is 0.214. The van der Waals surface area contributed by atoms with E-state index in [0.29, 0.717) is 27.1 Å². The highest BCUT2D eigenvalue weighted by Gasteiger charge is 2.35. The zero-order valence-corrected chi connectivity index (χ0v) is 23.4. The number of halogens is 2. The first-order valence-corrected chi connectivity index (χ1v) is 13.4. The smallest absolute Gasteiger partial charge is 0.260 e. The predicted molar refractivity (Wildman–Crippen MR) is 153 cm³/mol. The molecule has 38 heavy (non-hydrogen) atoms. The molecule has 0 spiro atoms. The number of nitrogens with one attached hydrogen (secondary N) is 1. The van der Waals surface area contributed by atoms with Crippen molar-refractivity contribution >= 4 is 58.5 Å². The molecule has 1 unspecified atom stereocenters. The highest BCUT2D eigenvalue weighted by molar-refractivity contribution is 8.00. The molecule has 3 aromatic carbocycles. The van der Waals surface area contributed by atoms with E-state index in [1.54, 1.807) is 50.2 Å². The third-order valence-corrected chi connectivity index (χ3v) is 7.72. The zero-order valence-electron chi connectivity index (χ0n) is 21.1. The van der Waals surface area contributed by atoms with Crippen molar-refractivity contribution in [3.8, 4) is 11.5 Å². The average molecular weight is 573 g/mol. The zero-order chi connectivity index (χ0) is 27.2. The summed E-state index contributed by atoms with van der Waals surface area (Å²) in [6.07, 6.45) is 3.05. The average Bonchev–Trinajstić information content (AvgIpc) is 3.26. The van der Waals surface area contributed by atoms with Gasteiger partial charge >= 0.3 is 0 Å². The summed E-state index contributed by atoms with van der Waals surface area (Å²) in [5.41, 5.74) is 2.27. The van der Waals surface area contributed by atoms with Crippen molar-refractivity contribution in [2.24, 2.45) is 0 Å². The highest BCUT2D eigenvalue weighted by Crippen LogP contribution is 2.49. The van der Waals surface area contributed by atoms with E-state index in [2.05, 4.69) is 5.32 Å². The molecule has 7 nitrogen and oxygen atoms in total. The van der Waals surface area contributed by atoms with Crippen LogP contribution in [0.1, 0.15) is 18.1 Å². The number of rotatable bonds is 9. The number of likely N-dealkylation sites (N-methyl/N-ethyl adjacent to an activating group) is 1. The normalized spacial score (nSPS) is 14.3. The van der Waals surface area contributed by atoms with E-state index in [4.69, 9.17) is 32.7 Å². The van der Waals surface area contributed by atoms with Gasteiger partial charge in [-0.3, -0.25) is 19.6 Å². The van der Waals surface area contributed by atoms with Gasteiger partial charge in [0.15, 0.2) is 0 Å². The molecule has 1 heterocycles. The lowest BCUT2D eigenvalue weighted by Gasteiger charge is -2.34. The summed E-state index contributed by atoms with van der Waals surface area (Å²) in [5, 5.41) is 7.00. The number of nitrogens with zero attached hydrogens (tertiary/aromatic N) is 2. The van der Waals surface area contributed by atoms with E-state index >= 15 is 0 Å². The second kappa shape index (κ2) is 12.5. The minimum absolute atomic E-state index is 0.0729. The van der Waals surface area contributed by atoms with Crippen molar-refractivity contribution in [2.75, 3.05) is 25.7 Å². The van der Waals surface area contributed by atoms with Crippen LogP contribution in [0, 0.1) is 0 Å². The number of carbonyl (C=O) groups is 2. The molecule has 0 saturated carbocycles. The van der Waals surface area contributed by atoms with E-state index in [1.807, 2.05) is 54.4 Å². The van der Waals surface area contributed by atoms with E-state index in [-0.39, 0.29) is 30.3 Å². The molecular formula is C28H27Cl2N3O4S. The minimum atomic E-state index is -0.376. The van der Waals surface area contributed by atoms with Gasteiger partial charge in [-0.05, 0) is 55.0 Å². The number of ether oxygens (including phenoxy) is 2. The fourth-order valence-electron chi connectivity index (χ4n) is 3.94. The molecule has 10 heteroatoms. The Labute approximate surface area is 236 Å². The van der Waals surface area contributed by atoms with Gasteiger partial charge in [-0.1, -0.05) is 59.2 Å². The number of anilines is 1. The summed E-state index contributed by atoms with van der Waals surface area (Å²) in [5.74, 6) is 0.637. The fourth-order valence-corrected chi connectivity index (χ4v) is 5.63. The van der Waals surface area contributed by atoms with Gasteiger partial charge < -0.3 is 14.8 Å². The Kier molecular flexibility index (Phi) is 9.09. The van der Waals surface area contributed by atoms with Gasteiger partial charge in [0.1, 0.15) is 23.8 Å². The molecule has 2 amide bonds. The third kappa shape index (κ3) is 6.38. The number of hydrazine groups is 1. The summed E-state index contributed by atoms with van der Waals surface area (Å²) in [6.45, 7) is 2.01. The Balaban J connectivity index is 1.42. The Morgan fingerprint density at radius 1 is 1.11 bits per heavy atom. The lowest BCUT2D eigenvalue weighted by molar-refractivity contribution is -0.131. The van der Waals surface area contributed by atoms with E-state index in [0.717, 1.165) is 16.1 Å². The van der Waals surface area contributed by atoms with E-state index < -0.39 is 0 Å². The van der Waals surface area contributed by atoms with Gasteiger partial charge in [-0.25, -0.2) is 0 Å². The predicted octanol–water partition coefficient (Wildman–Crippen LogP) is 6.04. The van der Waals surface area contributed by atoms with Crippen molar-refractivity contribution in [3.05, 3.63) is 87.9 Å². The van der Waals surface area contributed by atoms with Crippen LogP contribution in [-0.2, 0) is 16.2 Å². The topological polar surface area (TPSA) is 71.1 Å². The van der Waals surface area contributed by atoms with Crippen molar-refractivity contribution in [1.29, 1.82) is 0 Å². The molecule has 4 rings (SSSR count). The molecular weight excluding hydrogens is 545 g/mol. The summed E-state index contributed by atoms with van der Waals surface area (Å²) in [6, 6.07) is 18.4. The van der Waals surface area contributed by atoms with Gasteiger partial charge in [-0.2, -0.15) is 0 Å². The van der Waals surface area contributed by atoms with E-state index in [1.165, 1.54) is 11.1 Å². The molecule has 0 fully saturated rings. The van der Waals surface area contributed by atoms with Crippen LogP contribution in [0.5, 0.6) is 11.5 Å². The van der Waals surface area contributed by atoms with Gasteiger partial charge in [0.2, 0.25) is 5.91 Å². The summed E-state index contributed by atoms with van der Waals surface area (Å²) < 4.78 is 11.3. The molecule has 0 bridgehead atoms. The van der Waals surface area contributed by atoms with Crippen molar-refractivity contribution in [2.45, 2.75) is 23.8 Å². The standard InChI is InChI=1S/C28H27Cl2N3O4S/c1-18-33(32(2)27(35)16-31-26(34)14-13-19-7-4-8-20(15-19)36-3)28-24(11-6-12-25(28)38-18)37-17-21-22(29)9-5-10-23(21)30/h4-15,18H,16-17H2,1-3H3,(H,31,34). The molecule has 0 radical (unpaired) electrons. The maximum atomic E-state index is 13.1. The van der Waals surface area contributed by atoms with Crippen LogP contribution in [0.4, 0.5) is 5.69 Å². The Hall–Kier alpha value is -3.33. The largest absolute Gasteiger partial charge is 0.497 e. The van der Waals surface area contributed by atoms with Crippen LogP contribution >= 0.6 is 35.0 Å². The number of carbonyl (C=O) groups excluding carboxylic acids is 2. The Morgan fingerprint density at radius 3 is 2.55 bits per heavy atom. The van der Waals surface area contributed by atoms with Crippen LogP contribution in [0.2, 0.25) is 10.0 Å². The number of amides is 2. The number of benzene rings is 3.